The molecule has 1 N–H and O–H groups in total. The molecule has 26 heavy (non-hydrogen) atoms. The Bertz CT molecular complexity index is 885. The minimum Gasteiger partial charge on any atom is -0.453 e. The van der Waals surface area contributed by atoms with Gasteiger partial charge in [0.1, 0.15) is 0 Å². The summed E-state index contributed by atoms with van der Waals surface area (Å²) >= 11 is 1.69. The van der Waals surface area contributed by atoms with E-state index in [1.54, 1.807) is 25.2 Å². The summed E-state index contributed by atoms with van der Waals surface area (Å²) in [6.07, 6.45) is 0.181. The smallest absolute Gasteiger partial charge is 0.306 e. The predicted octanol–water partition coefficient (Wildman–Crippen LogP) is 4.17. The first-order chi connectivity index (χ1) is 12.5. The number of rotatable bonds is 6. The molecule has 1 aromatic heterocycles. The van der Waals surface area contributed by atoms with Gasteiger partial charge in [0.25, 0.3) is 5.91 Å². The molecule has 0 spiro atoms. The number of hydrogen-bond acceptors (Lipinski definition) is 5. The van der Waals surface area contributed by atoms with Gasteiger partial charge < -0.3 is 10.1 Å². The van der Waals surface area contributed by atoms with Gasteiger partial charge in [-0.05, 0) is 36.8 Å². The highest BCUT2D eigenvalue weighted by molar-refractivity contribution is 7.18. The van der Waals surface area contributed by atoms with Gasteiger partial charge >= 0.3 is 5.97 Å². The fourth-order valence-electron chi connectivity index (χ4n) is 2.45. The number of nitrogens with one attached hydrogen (secondary N) is 1. The molecule has 1 amide bonds. The third-order valence-corrected chi connectivity index (χ3v) is 4.92. The van der Waals surface area contributed by atoms with Crippen LogP contribution in [-0.2, 0) is 20.7 Å². The average Bonchev–Trinajstić information content (AvgIpc) is 3.05. The quantitative estimate of drug-likeness (QED) is 0.663. The van der Waals surface area contributed by atoms with E-state index in [4.69, 9.17) is 4.74 Å². The minimum absolute atomic E-state index is 0.248. The molecule has 0 unspecified atom stereocenters. The SMILES string of the molecule is CCC(=O)O[C@@H](C)C(=O)Nc1ccc(Cc2nc3ccccc3s2)cc1. The summed E-state index contributed by atoms with van der Waals surface area (Å²) in [5.74, 6) is -0.732. The van der Waals surface area contributed by atoms with E-state index in [1.165, 1.54) is 4.70 Å². The maximum atomic E-state index is 12.0. The Hall–Kier alpha value is -2.73. The van der Waals surface area contributed by atoms with Gasteiger partial charge in [-0.3, -0.25) is 9.59 Å². The molecule has 3 aromatic rings. The van der Waals surface area contributed by atoms with Crippen molar-refractivity contribution in [3.63, 3.8) is 0 Å². The zero-order valence-electron chi connectivity index (χ0n) is 14.7. The summed E-state index contributed by atoms with van der Waals surface area (Å²) < 4.78 is 6.19. The van der Waals surface area contributed by atoms with Crippen LogP contribution in [0.1, 0.15) is 30.8 Å². The van der Waals surface area contributed by atoms with E-state index in [9.17, 15) is 9.59 Å². The van der Waals surface area contributed by atoms with Gasteiger partial charge in [-0.1, -0.05) is 31.2 Å². The van der Waals surface area contributed by atoms with E-state index in [2.05, 4.69) is 16.4 Å². The van der Waals surface area contributed by atoms with E-state index in [0.717, 1.165) is 22.5 Å². The topological polar surface area (TPSA) is 68.3 Å². The maximum Gasteiger partial charge on any atom is 0.306 e. The molecule has 2 aromatic carbocycles. The van der Waals surface area contributed by atoms with Crippen molar-refractivity contribution in [2.24, 2.45) is 0 Å². The normalized spacial score (nSPS) is 11.9. The number of carbonyl (C=O) groups is 2. The van der Waals surface area contributed by atoms with Gasteiger partial charge in [0.05, 0.1) is 15.2 Å². The lowest BCUT2D eigenvalue weighted by molar-refractivity contribution is -0.152. The summed E-state index contributed by atoms with van der Waals surface area (Å²) in [4.78, 5) is 27.9. The number of carbonyl (C=O) groups excluding carboxylic acids is 2. The van der Waals surface area contributed by atoms with Gasteiger partial charge in [0.2, 0.25) is 0 Å². The Morgan fingerprint density at radius 1 is 1.15 bits per heavy atom. The van der Waals surface area contributed by atoms with Gasteiger partial charge in [-0.15, -0.1) is 11.3 Å². The summed E-state index contributed by atoms with van der Waals surface area (Å²) in [6.45, 7) is 3.25. The Morgan fingerprint density at radius 3 is 2.58 bits per heavy atom. The molecule has 1 heterocycles. The monoisotopic (exact) mass is 368 g/mol. The van der Waals surface area contributed by atoms with Crippen LogP contribution in [0.5, 0.6) is 0 Å². The van der Waals surface area contributed by atoms with Crippen LogP contribution in [0.4, 0.5) is 5.69 Å². The van der Waals surface area contributed by atoms with E-state index >= 15 is 0 Å². The number of benzene rings is 2. The van der Waals surface area contributed by atoms with Crippen LogP contribution >= 0.6 is 11.3 Å². The lowest BCUT2D eigenvalue weighted by atomic mass is 10.1. The molecule has 3 rings (SSSR count). The van der Waals surface area contributed by atoms with Crippen molar-refractivity contribution in [3.05, 3.63) is 59.1 Å². The van der Waals surface area contributed by atoms with E-state index in [-0.39, 0.29) is 18.3 Å². The second kappa shape index (κ2) is 8.10. The van der Waals surface area contributed by atoms with E-state index in [1.807, 2.05) is 42.5 Å². The van der Waals surface area contributed by atoms with Gasteiger partial charge in [0.15, 0.2) is 6.10 Å². The van der Waals surface area contributed by atoms with Crippen molar-refractivity contribution in [3.8, 4) is 0 Å². The van der Waals surface area contributed by atoms with Gasteiger partial charge in [-0.2, -0.15) is 0 Å². The van der Waals surface area contributed by atoms with Crippen molar-refractivity contribution >= 4 is 39.1 Å². The molecule has 0 aliphatic carbocycles. The van der Waals surface area contributed by atoms with Crippen LogP contribution in [0.15, 0.2) is 48.5 Å². The third-order valence-electron chi connectivity index (χ3n) is 3.88. The summed E-state index contributed by atoms with van der Waals surface area (Å²) in [6, 6.07) is 15.7. The van der Waals surface area contributed by atoms with Crippen LogP contribution in [0.25, 0.3) is 10.2 Å². The number of hydrogen-bond donors (Lipinski definition) is 1. The van der Waals surface area contributed by atoms with E-state index in [0.29, 0.717) is 5.69 Å². The van der Waals surface area contributed by atoms with Crippen LogP contribution in [-0.4, -0.2) is 23.0 Å². The number of fused-ring (bicyclic) bond motifs is 1. The third kappa shape index (κ3) is 4.46. The lowest BCUT2D eigenvalue weighted by Crippen LogP contribution is -2.29. The first-order valence-corrected chi connectivity index (χ1v) is 9.30. The first-order valence-electron chi connectivity index (χ1n) is 8.49. The number of nitrogens with zero attached hydrogens (tertiary/aromatic N) is 1. The molecule has 1 atom stereocenters. The number of esters is 1. The van der Waals surface area contributed by atoms with Gasteiger partial charge in [0, 0.05) is 18.5 Å². The number of amides is 1. The molecular formula is C20H20N2O3S. The number of anilines is 1. The predicted molar refractivity (Wildman–Crippen MR) is 103 cm³/mol. The fourth-order valence-corrected chi connectivity index (χ4v) is 3.46. The van der Waals surface area contributed by atoms with Crippen molar-refractivity contribution in [2.45, 2.75) is 32.8 Å². The minimum atomic E-state index is -0.815. The van der Waals surface area contributed by atoms with Gasteiger partial charge in [-0.25, -0.2) is 4.98 Å². The second-order valence-electron chi connectivity index (χ2n) is 5.92. The molecule has 5 nitrogen and oxygen atoms in total. The molecule has 0 saturated heterocycles. The van der Waals surface area contributed by atoms with Crippen molar-refractivity contribution in [1.82, 2.24) is 4.98 Å². The van der Waals surface area contributed by atoms with Crippen LogP contribution in [0.2, 0.25) is 0 Å². The van der Waals surface area contributed by atoms with Crippen molar-refractivity contribution < 1.29 is 14.3 Å². The number of aromatic nitrogens is 1. The Morgan fingerprint density at radius 2 is 1.88 bits per heavy atom. The molecule has 0 fully saturated rings. The molecule has 0 radical (unpaired) electrons. The molecule has 0 aliphatic rings. The average molecular weight is 368 g/mol. The number of para-hydroxylation sites is 1. The summed E-state index contributed by atoms with van der Waals surface area (Å²) in [5, 5.41) is 3.81. The summed E-state index contributed by atoms with van der Waals surface area (Å²) in [5.41, 5.74) is 2.81. The second-order valence-corrected chi connectivity index (χ2v) is 7.04. The zero-order valence-corrected chi connectivity index (χ0v) is 15.5. The highest BCUT2D eigenvalue weighted by Crippen LogP contribution is 2.24. The Labute approximate surface area is 156 Å². The highest BCUT2D eigenvalue weighted by atomic mass is 32.1. The van der Waals surface area contributed by atoms with Crippen molar-refractivity contribution in [2.75, 3.05) is 5.32 Å². The largest absolute Gasteiger partial charge is 0.453 e. The standard InChI is InChI=1S/C20H20N2O3S/c1-3-19(23)25-13(2)20(24)21-15-10-8-14(9-11-15)12-18-22-16-6-4-5-7-17(16)26-18/h4-11,13H,3,12H2,1-2H3,(H,21,24)/t13-/m0/s1. The van der Waals surface area contributed by atoms with E-state index < -0.39 is 6.10 Å². The van der Waals surface area contributed by atoms with Crippen LogP contribution < -0.4 is 5.32 Å². The molecule has 0 bridgehead atoms. The maximum absolute atomic E-state index is 12.0. The zero-order chi connectivity index (χ0) is 18.5. The molecular weight excluding hydrogens is 348 g/mol. The molecule has 0 aliphatic heterocycles. The first kappa shape index (κ1) is 18.1. The fraction of sp³-hybridized carbons (Fsp3) is 0.250. The number of ether oxygens (including phenoxy) is 1. The molecule has 0 saturated carbocycles. The molecule has 6 heteroatoms. The highest BCUT2D eigenvalue weighted by Gasteiger charge is 2.16. The Balaban J connectivity index is 1.61. The Kier molecular flexibility index (Phi) is 5.63. The lowest BCUT2D eigenvalue weighted by Gasteiger charge is -2.13. The van der Waals surface area contributed by atoms with Crippen molar-refractivity contribution in [1.29, 1.82) is 0 Å². The molecule has 134 valence electrons. The number of thiazole rings is 1. The summed E-state index contributed by atoms with van der Waals surface area (Å²) in [7, 11) is 0. The van der Waals surface area contributed by atoms with Crippen LogP contribution in [0, 0.1) is 0 Å². The van der Waals surface area contributed by atoms with Crippen LogP contribution in [0.3, 0.4) is 0 Å².